The second-order valence-corrected chi connectivity index (χ2v) is 6.52. The Hall–Kier alpha value is -1.46. The highest BCUT2D eigenvalue weighted by atomic mass is 16.6. The SMILES string of the molecule is CC1=CC(=O)[C@]2(O)[C@H]1C(=O)O[C@@]2(C)CC/C=C(\C)CCCO. The number of hydrogen-bond donors (Lipinski definition) is 2. The summed E-state index contributed by atoms with van der Waals surface area (Å²) in [5.41, 5.74) is -1.28. The third-order valence-electron chi connectivity index (χ3n) is 4.82. The number of ketones is 1. The minimum atomic E-state index is -1.78. The maximum Gasteiger partial charge on any atom is 0.317 e. The summed E-state index contributed by atoms with van der Waals surface area (Å²) in [5.74, 6) is -1.83. The largest absolute Gasteiger partial charge is 0.455 e. The second-order valence-electron chi connectivity index (χ2n) is 6.52. The normalized spacial score (nSPS) is 34.7. The molecule has 0 spiro atoms. The van der Waals surface area contributed by atoms with Crippen LogP contribution < -0.4 is 0 Å². The molecule has 5 heteroatoms. The van der Waals surface area contributed by atoms with Crippen LogP contribution in [0.5, 0.6) is 0 Å². The van der Waals surface area contributed by atoms with Crippen LogP contribution in [0.15, 0.2) is 23.3 Å². The van der Waals surface area contributed by atoms with E-state index in [4.69, 9.17) is 9.84 Å². The van der Waals surface area contributed by atoms with E-state index in [1.54, 1.807) is 13.8 Å². The lowest BCUT2D eigenvalue weighted by Gasteiger charge is -2.35. The summed E-state index contributed by atoms with van der Waals surface area (Å²) in [5, 5.41) is 19.7. The first-order valence-electron chi connectivity index (χ1n) is 7.70. The molecular formula is C17H24O5. The van der Waals surface area contributed by atoms with Gasteiger partial charge in [-0.2, -0.15) is 0 Å². The zero-order chi connectivity index (χ0) is 16.5. The highest BCUT2D eigenvalue weighted by molar-refractivity contribution is 6.08. The van der Waals surface area contributed by atoms with Crippen LogP contribution in [0.3, 0.4) is 0 Å². The van der Waals surface area contributed by atoms with E-state index in [1.807, 2.05) is 13.0 Å². The third kappa shape index (κ3) is 2.52. The average Bonchev–Trinajstić information content (AvgIpc) is 2.79. The van der Waals surface area contributed by atoms with E-state index in [0.717, 1.165) is 12.0 Å². The molecule has 1 saturated heterocycles. The van der Waals surface area contributed by atoms with Crippen molar-refractivity contribution in [1.29, 1.82) is 0 Å². The van der Waals surface area contributed by atoms with Crippen molar-refractivity contribution < 1.29 is 24.5 Å². The van der Waals surface area contributed by atoms with Crippen molar-refractivity contribution in [3.63, 3.8) is 0 Å². The Morgan fingerprint density at radius 3 is 2.77 bits per heavy atom. The van der Waals surface area contributed by atoms with Crippen molar-refractivity contribution in [1.82, 2.24) is 0 Å². The maximum absolute atomic E-state index is 12.2. The monoisotopic (exact) mass is 308 g/mol. The van der Waals surface area contributed by atoms with E-state index in [2.05, 4.69) is 0 Å². The van der Waals surface area contributed by atoms with Crippen LogP contribution in [0.4, 0.5) is 0 Å². The van der Waals surface area contributed by atoms with Gasteiger partial charge in [0.1, 0.15) is 11.5 Å². The molecule has 2 rings (SSSR count). The van der Waals surface area contributed by atoms with Crippen LogP contribution in [0.25, 0.3) is 0 Å². The molecule has 1 fully saturated rings. The van der Waals surface area contributed by atoms with Crippen LogP contribution in [0.1, 0.15) is 46.5 Å². The van der Waals surface area contributed by atoms with Crippen LogP contribution in [-0.2, 0) is 14.3 Å². The first-order valence-corrected chi connectivity index (χ1v) is 7.70. The van der Waals surface area contributed by atoms with Crippen molar-refractivity contribution in [2.75, 3.05) is 6.61 Å². The fourth-order valence-corrected chi connectivity index (χ4v) is 3.45. The summed E-state index contributed by atoms with van der Waals surface area (Å²) in [7, 11) is 0. The molecule has 1 aliphatic carbocycles. The molecule has 0 unspecified atom stereocenters. The molecule has 3 atom stereocenters. The molecule has 0 aromatic carbocycles. The molecule has 0 saturated carbocycles. The molecular weight excluding hydrogens is 284 g/mol. The first-order chi connectivity index (χ1) is 10.3. The van der Waals surface area contributed by atoms with Gasteiger partial charge in [0.25, 0.3) is 0 Å². The van der Waals surface area contributed by atoms with E-state index in [1.165, 1.54) is 6.08 Å². The molecule has 0 bridgehead atoms. The Morgan fingerprint density at radius 1 is 1.45 bits per heavy atom. The number of hydrogen-bond acceptors (Lipinski definition) is 5. The molecule has 0 aromatic heterocycles. The average molecular weight is 308 g/mol. The van der Waals surface area contributed by atoms with Crippen molar-refractivity contribution in [2.45, 2.75) is 57.7 Å². The Bertz CT molecular complexity index is 547. The summed E-state index contributed by atoms with van der Waals surface area (Å²) < 4.78 is 5.40. The number of cyclic esters (lactones) is 1. The van der Waals surface area contributed by atoms with E-state index < -0.39 is 28.9 Å². The minimum Gasteiger partial charge on any atom is -0.455 e. The zero-order valence-corrected chi connectivity index (χ0v) is 13.4. The van der Waals surface area contributed by atoms with E-state index in [0.29, 0.717) is 24.8 Å². The van der Waals surface area contributed by atoms with Crippen molar-refractivity contribution >= 4 is 11.8 Å². The molecule has 2 aliphatic rings. The molecule has 2 N–H and O–H groups in total. The Labute approximate surface area is 130 Å². The van der Waals surface area contributed by atoms with Gasteiger partial charge < -0.3 is 14.9 Å². The second kappa shape index (κ2) is 5.97. The number of esters is 1. The van der Waals surface area contributed by atoms with Crippen molar-refractivity contribution in [3.8, 4) is 0 Å². The molecule has 1 heterocycles. The quantitative estimate of drug-likeness (QED) is 0.576. The topological polar surface area (TPSA) is 83.8 Å². The van der Waals surface area contributed by atoms with Gasteiger partial charge in [-0.25, -0.2) is 0 Å². The summed E-state index contributed by atoms with van der Waals surface area (Å²) >= 11 is 0. The summed E-state index contributed by atoms with van der Waals surface area (Å²) in [4.78, 5) is 24.2. The number of aliphatic hydroxyl groups excluding tert-OH is 1. The van der Waals surface area contributed by atoms with E-state index >= 15 is 0 Å². The highest BCUT2D eigenvalue weighted by Gasteiger charge is 2.69. The smallest absolute Gasteiger partial charge is 0.317 e. The minimum absolute atomic E-state index is 0.154. The standard InChI is InChI=1S/C17H24O5/c1-11(7-5-9-18)6-4-8-16(3)17(21)13(19)10-12(2)14(17)15(20)22-16/h6,10,14,18,21H,4-5,7-9H2,1-3H3/b11-6+/t14-,16+,17+/m1/s1. The predicted octanol–water partition coefficient (Wildman–Crippen LogP) is 1.68. The Kier molecular flexibility index (Phi) is 4.59. The van der Waals surface area contributed by atoms with Gasteiger partial charge >= 0.3 is 5.97 Å². The molecule has 1 aliphatic heterocycles. The fraction of sp³-hybridized carbons (Fsp3) is 0.647. The van der Waals surface area contributed by atoms with Gasteiger partial charge in [-0.05, 0) is 52.5 Å². The summed E-state index contributed by atoms with van der Waals surface area (Å²) in [6.45, 7) is 5.43. The molecule has 5 nitrogen and oxygen atoms in total. The van der Waals surface area contributed by atoms with E-state index in [-0.39, 0.29) is 6.61 Å². The van der Waals surface area contributed by atoms with Gasteiger partial charge in [0, 0.05) is 6.61 Å². The van der Waals surface area contributed by atoms with Crippen LogP contribution in [-0.4, -0.2) is 39.8 Å². The highest BCUT2D eigenvalue weighted by Crippen LogP contribution is 2.50. The lowest BCUT2D eigenvalue weighted by molar-refractivity contribution is -0.161. The molecule has 0 radical (unpaired) electrons. The molecule has 0 amide bonds. The fourth-order valence-electron chi connectivity index (χ4n) is 3.45. The van der Waals surface area contributed by atoms with Gasteiger partial charge in [-0.3, -0.25) is 9.59 Å². The predicted molar refractivity (Wildman–Crippen MR) is 81.0 cm³/mol. The first kappa shape index (κ1) is 16.9. The number of allylic oxidation sites excluding steroid dienone is 2. The number of rotatable bonds is 6. The van der Waals surface area contributed by atoms with Gasteiger partial charge in [-0.15, -0.1) is 0 Å². The van der Waals surface area contributed by atoms with Crippen LogP contribution in [0.2, 0.25) is 0 Å². The third-order valence-corrected chi connectivity index (χ3v) is 4.82. The number of carbonyl (C=O) groups excluding carboxylic acids is 2. The van der Waals surface area contributed by atoms with E-state index in [9.17, 15) is 14.7 Å². The Morgan fingerprint density at radius 2 is 2.14 bits per heavy atom. The number of carbonyl (C=O) groups is 2. The number of aliphatic hydroxyl groups is 2. The van der Waals surface area contributed by atoms with Gasteiger partial charge in [0.05, 0.1) is 0 Å². The molecule has 22 heavy (non-hydrogen) atoms. The van der Waals surface area contributed by atoms with Crippen LogP contribution >= 0.6 is 0 Å². The summed E-state index contributed by atoms with van der Waals surface area (Å²) in [6, 6.07) is 0. The lowest BCUT2D eigenvalue weighted by atomic mass is 9.74. The number of ether oxygens (including phenoxy) is 1. The lowest BCUT2D eigenvalue weighted by Crippen LogP contribution is -2.55. The van der Waals surface area contributed by atoms with Crippen LogP contribution in [0, 0.1) is 5.92 Å². The Balaban J connectivity index is 2.11. The number of fused-ring (bicyclic) bond motifs is 1. The van der Waals surface area contributed by atoms with Gasteiger partial charge in [-0.1, -0.05) is 17.2 Å². The van der Waals surface area contributed by atoms with Crippen molar-refractivity contribution in [2.24, 2.45) is 5.92 Å². The van der Waals surface area contributed by atoms with Gasteiger partial charge in [0.2, 0.25) is 0 Å². The summed E-state index contributed by atoms with van der Waals surface area (Å²) in [6.07, 6.45) is 5.86. The van der Waals surface area contributed by atoms with Gasteiger partial charge in [0.15, 0.2) is 11.4 Å². The molecule has 0 aromatic rings. The maximum atomic E-state index is 12.2. The zero-order valence-electron chi connectivity index (χ0n) is 13.4. The van der Waals surface area contributed by atoms with Crippen molar-refractivity contribution in [3.05, 3.63) is 23.3 Å². The molecule has 122 valence electrons.